The molecule has 0 aliphatic heterocycles. The molecule has 2 aromatic rings. The number of aliphatic hydroxyl groups is 1. The topological polar surface area (TPSA) is 93.8 Å². The zero-order valence-corrected chi connectivity index (χ0v) is 9.72. The Bertz CT molecular complexity index is 545. The summed E-state index contributed by atoms with van der Waals surface area (Å²) in [5, 5.41) is 16.4. The lowest BCUT2D eigenvalue weighted by molar-refractivity contribution is 0.217. The maximum absolute atomic E-state index is 8.81. The molecule has 0 saturated carbocycles. The van der Waals surface area contributed by atoms with Crippen LogP contribution in [0.5, 0.6) is 0 Å². The molecular formula is C10H16N6O. The summed E-state index contributed by atoms with van der Waals surface area (Å²) in [5.74, 6) is 0. The van der Waals surface area contributed by atoms with Gasteiger partial charge in [0.2, 0.25) is 0 Å². The van der Waals surface area contributed by atoms with Crippen LogP contribution in [0.4, 0.5) is 0 Å². The summed E-state index contributed by atoms with van der Waals surface area (Å²) in [5.41, 5.74) is 1.59. The molecule has 0 spiro atoms. The first-order chi connectivity index (χ1) is 8.22. The van der Waals surface area contributed by atoms with Crippen molar-refractivity contribution in [2.45, 2.75) is 6.54 Å². The standard InChI is InChI=1S/C10H16N6O/c1-15(4-5-17)2-3-16-7-14-9(11)8-10(16)13-6-12-8/h6-7,11,17H,2-5H2,1H3,(H,12,13). The van der Waals surface area contributed by atoms with Gasteiger partial charge < -0.3 is 19.6 Å². The van der Waals surface area contributed by atoms with Crippen molar-refractivity contribution in [2.24, 2.45) is 0 Å². The zero-order valence-electron chi connectivity index (χ0n) is 9.72. The van der Waals surface area contributed by atoms with E-state index in [0.29, 0.717) is 12.1 Å². The summed E-state index contributed by atoms with van der Waals surface area (Å²) < 4.78 is 1.90. The minimum absolute atomic E-state index is 0.156. The fourth-order valence-electron chi connectivity index (χ4n) is 1.65. The molecule has 92 valence electrons. The first-order valence-corrected chi connectivity index (χ1v) is 5.45. The van der Waals surface area contributed by atoms with E-state index in [0.717, 1.165) is 18.7 Å². The van der Waals surface area contributed by atoms with Crippen LogP contribution in [-0.4, -0.2) is 56.3 Å². The summed E-state index contributed by atoms with van der Waals surface area (Å²) >= 11 is 0. The van der Waals surface area contributed by atoms with Crippen molar-refractivity contribution in [3.05, 3.63) is 18.1 Å². The predicted molar refractivity (Wildman–Crippen MR) is 62.3 cm³/mol. The summed E-state index contributed by atoms with van der Waals surface area (Å²) in [6.07, 6.45) is 3.19. The van der Waals surface area contributed by atoms with Crippen molar-refractivity contribution in [1.82, 2.24) is 24.4 Å². The van der Waals surface area contributed by atoms with Crippen LogP contribution in [0.3, 0.4) is 0 Å². The Hall–Kier alpha value is -1.73. The Kier molecular flexibility index (Phi) is 3.50. The van der Waals surface area contributed by atoms with Gasteiger partial charge in [-0.15, -0.1) is 0 Å². The van der Waals surface area contributed by atoms with Gasteiger partial charge in [0.15, 0.2) is 11.1 Å². The molecule has 7 nitrogen and oxygen atoms in total. The van der Waals surface area contributed by atoms with Crippen LogP contribution in [0.25, 0.3) is 11.2 Å². The molecule has 0 aliphatic rings. The highest BCUT2D eigenvalue weighted by molar-refractivity contribution is 5.68. The third-order valence-corrected chi connectivity index (χ3v) is 2.66. The van der Waals surface area contributed by atoms with E-state index < -0.39 is 0 Å². The number of H-pyrrole nitrogens is 1. The van der Waals surface area contributed by atoms with Gasteiger partial charge in [-0.2, -0.15) is 0 Å². The van der Waals surface area contributed by atoms with E-state index in [9.17, 15) is 0 Å². The number of aromatic nitrogens is 4. The third kappa shape index (κ3) is 2.51. The first kappa shape index (κ1) is 11.7. The average molecular weight is 236 g/mol. The van der Waals surface area contributed by atoms with Gasteiger partial charge in [-0.3, -0.25) is 5.41 Å². The second kappa shape index (κ2) is 5.07. The molecule has 0 saturated heterocycles. The summed E-state index contributed by atoms with van der Waals surface area (Å²) in [4.78, 5) is 13.1. The highest BCUT2D eigenvalue weighted by Crippen LogP contribution is 2.02. The summed E-state index contributed by atoms with van der Waals surface area (Å²) in [6.45, 7) is 2.33. The van der Waals surface area contributed by atoms with E-state index in [1.165, 1.54) is 0 Å². The molecule has 17 heavy (non-hydrogen) atoms. The van der Waals surface area contributed by atoms with E-state index >= 15 is 0 Å². The predicted octanol–water partition coefficient (Wildman–Crippen LogP) is -0.837. The number of hydrogen-bond donors (Lipinski definition) is 3. The number of rotatable bonds is 5. The molecule has 0 aliphatic carbocycles. The summed E-state index contributed by atoms with van der Waals surface area (Å²) in [7, 11) is 1.95. The zero-order chi connectivity index (χ0) is 12.3. The molecule has 0 fully saturated rings. The van der Waals surface area contributed by atoms with Crippen LogP contribution in [0.1, 0.15) is 0 Å². The van der Waals surface area contributed by atoms with Gasteiger partial charge in [-0.1, -0.05) is 0 Å². The molecule has 0 amide bonds. The number of likely N-dealkylation sites (N-methyl/N-ethyl adjacent to an activating group) is 1. The minimum Gasteiger partial charge on any atom is -0.395 e. The van der Waals surface area contributed by atoms with E-state index in [2.05, 4.69) is 15.0 Å². The van der Waals surface area contributed by atoms with Crippen LogP contribution >= 0.6 is 0 Å². The number of aliphatic hydroxyl groups excluding tert-OH is 1. The van der Waals surface area contributed by atoms with Gasteiger partial charge in [-0.05, 0) is 7.05 Å². The van der Waals surface area contributed by atoms with Gasteiger partial charge in [0, 0.05) is 19.6 Å². The minimum atomic E-state index is 0.156. The van der Waals surface area contributed by atoms with Crippen LogP contribution in [0.2, 0.25) is 0 Å². The maximum atomic E-state index is 8.81. The van der Waals surface area contributed by atoms with Crippen LogP contribution in [0, 0.1) is 5.41 Å². The number of aromatic amines is 1. The Balaban J connectivity index is 2.16. The van der Waals surface area contributed by atoms with Crippen LogP contribution in [-0.2, 0) is 6.54 Å². The third-order valence-electron chi connectivity index (χ3n) is 2.66. The molecule has 0 bridgehead atoms. The lowest BCUT2D eigenvalue weighted by Crippen LogP contribution is -2.27. The smallest absolute Gasteiger partial charge is 0.173 e. The second-order valence-corrected chi connectivity index (χ2v) is 3.91. The number of imidazole rings is 1. The Morgan fingerprint density at radius 2 is 2.29 bits per heavy atom. The highest BCUT2D eigenvalue weighted by Gasteiger charge is 2.05. The lowest BCUT2D eigenvalue weighted by Gasteiger charge is -2.16. The van der Waals surface area contributed by atoms with Crippen molar-refractivity contribution in [2.75, 3.05) is 26.7 Å². The van der Waals surface area contributed by atoms with E-state index in [1.807, 2.05) is 16.5 Å². The molecule has 0 aromatic carbocycles. The maximum Gasteiger partial charge on any atom is 0.173 e. The normalized spacial score (nSPS) is 11.5. The summed E-state index contributed by atoms with van der Waals surface area (Å²) in [6, 6.07) is 0. The van der Waals surface area contributed by atoms with Crippen molar-refractivity contribution >= 4 is 11.2 Å². The fraction of sp³-hybridized carbons (Fsp3) is 0.500. The molecule has 2 rings (SSSR count). The van der Waals surface area contributed by atoms with Gasteiger partial charge >= 0.3 is 0 Å². The second-order valence-electron chi connectivity index (χ2n) is 3.91. The average Bonchev–Trinajstić information content (AvgIpc) is 2.78. The van der Waals surface area contributed by atoms with E-state index in [4.69, 9.17) is 10.5 Å². The van der Waals surface area contributed by atoms with Gasteiger partial charge in [0.05, 0.1) is 19.3 Å². The first-order valence-electron chi connectivity index (χ1n) is 5.45. The number of fused-ring (bicyclic) bond motifs is 1. The van der Waals surface area contributed by atoms with Gasteiger partial charge in [0.1, 0.15) is 5.52 Å². The quantitative estimate of drug-likeness (QED) is 0.631. The molecule has 2 aromatic heterocycles. The molecular weight excluding hydrogens is 220 g/mol. The Morgan fingerprint density at radius 3 is 3.06 bits per heavy atom. The molecule has 3 N–H and O–H groups in total. The fourth-order valence-corrected chi connectivity index (χ4v) is 1.65. The Morgan fingerprint density at radius 1 is 1.47 bits per heavy atom. The number of nitrogens with zero attached hydrogens (tertiary/aromatic N) is 4. The number of hydrogen-bond acceptors (Lipinski definition) is 5. The van der Waals surface area contributed by atoms with E-state index in [1.54, 1.807) is 12.7 Å². The lowest BCUT2D eigenvalue weighted by atomic mass is 10.4. The monoisotopic (exact) mass is 236 g/mol. The molecule has 7 heteroatoms. The molecule has 0 radical (unpaired) electrons. The van der Waals surface area contributed by atoms with Gasteiger partial charge in [-0.25, -0.2) is 9.97 Å². The molecule has 2 heterocycles. The molecule has 0 unspecified atom stereocenters. The Labute approximate surface area is 98.3 Å². The SMILES string of the molecule is CN(CCO)CCn1cnc(=N)c2[nH]cnc21. The number of nitrogens with one attached hydrogen (secondary N) is 2. The van der Waals surface area contributed by atoms with E-state index in [-0.39, 0.29) is 12.1 Å². The van der Waals surface area contributed by atoms with Crippen molar-refractivity contribution in [1.29, 1.82) is 5.41 Å². The van der Waals surface area contributed by atoms with Crippen molar-refractivity contribution in [3.63, 3.8) is 0 Å². The van der Waals surface area contributed by atoms with Crippen LogP contribution in [0.15, 0.2) is 12.7 Å². The molecule has 0 atom stereocenters. The highest BCUT2D eigenvalue weighted by atomic mass is 16.3. The largest absolute Gasteiger partial charge is 0.395 e. The van der Waals surface area contributed by atoms with Crippen LogP contribution < -0.4 is 5.49 Å². The van der Waals surface area contributed by atoms with Gasteiger partial charge in [0.25, 0.3) is 0 Å². The van der Waals surface area contributed by atoms with Crippen molar-refractivity contribution < 1.29 is 5.11 Å². The van der Waals surface area contributed by atoms with Crippen molar-refractivity contribution in [3.8, 4) is 0 Å².